The highest BCUT2D eigenvalue weighted by Gasteiger charge is 2.45. The monoisotopic (exact) mass is 531 g/mol. The van der Waals surface area contributed by atoms with Crippen LogP contribution in [0.25, 0.3) is 0 Å². The summed E-state index contributed by atoms with van der Waals surface area (Å²) < 4.78 is 1.73. The summed E-state index contributed by atoms with van der Waals surface area (Å²) in [5.74, 6) is 0.112. The van der Waals surface area contributed by atoms with Crippen molar-refractivity contribution < 1.29 is 14.7 Å². The molecule has 10 nitrogen and oxygen atoms in total. The summed E-state index contributed by atoms with van der Waals surface area (Å²) in [4.78, 5) is 30.5. The molecule has 0 fully saturated rings. The summed E-state index contributed by atoms with van der Waals surface area (Å²) in [7, 11) is 5.78. The number of amides is 3. The van der Waals surface area contributed by atoms with Gasteiger partial charge in [0.15, 0.2) is 5.82 Å². The minimum absolute atomic E-state index is 0.185. The van der Waals surface area contributed by atoms with E-state index in [4.69, 9.17) is 0 Å². The number of rotatable bonds is 9. The van der Waals surface area contributed by atoms with Crippen molar-refractivity contribution in [2.24, 2.45) is 7.05 Å². The lowest BCUT2D eigenvalue weighted by atomic mass is 10.0. The maximum absolute atomic E-state index is 13.6. The molecule has 1 aliphatic heterocycles. The van der Waals surface area contributed by atoms with E-state index in [0.717, 1.165) is 16.8 Å². The molecule has 0 spiro atoms. The number of aromatic nitrogens is 2. The molecular formula is C29H37N7O3. The van der Waals surface area contributed by atoms with E-state index >= 15 is 0 Å². The molecule has 1 unspecified atom stereocenters. The van der Waals surface area contributed by atoms with Crippen molar-refractivity contribution in [3.8, 4) is 0 Å². The Balaban J connectivity index is 1.51. The molecule has 0 aliphatic carbocycles. The Morgan fingerprint density at radius 3 is 2.44 bits per heavy atom. The number of likely N-dealkylation sites (N-methyl/N-ethyl adjacent to an activating group) is 1. The average molecular weight is 532 g/mol. The summed E-state index contributed by atoms with van der Waals surface area (Å²) in [5.41, 5.74) is 3.16. The highest BCUT2D eigenvalue weighted by molar-refractivity contribution is 6.04. The number of benzene rings is 2. The second kappa shape index (κ2) is 11.3. The molecule has 3 amide bonds. The first-order valence-electron chi connectivity index (χ1n) is 12.8. The fourth-order valence-corrected chi connectivity index (χ4v) is 5.03. The zero-order chi connectivity index (χ0) is 28.3. The Bertz CT molecular complexity index is 1330. The van der Waals surface area contributed by atoms with E-state index in [9.17, 15) is 14.7 Å². The van der Waals surface area contributed by atoms with Crippen LogP contribution >= 0.6 is 0 Å². The molecule has 4 rings (SSSR count). The van der Waals surface area contributed by atoms with Crippen LogP contribution < -0.4 is 16.0 Å². The van der Waals surface area contributed by atoms with Crippen LogP contribution in [0.4, 0.5) is 16.3 Å². The van der Waals surface area contributed by atoms with E-state index in [0.29, 0.717) is 30.2 Å². The van der Waals surface area contributed by atoms with Crippen molar-refractivity contribution in [2.75, 3.05) is 31.3 Å². The van der Waals surface area contributed by atoms with E-state index in [1.807, 2.05) is 70.2 Å². The first kappa shape index (κ1) is 27.9. The Morgan fingerprint density at radius 2 is 1.82 bits per heavy atom. The smallest absolute Gasteiger partial charge is 0.319 e. The maximum Gasteiger partial charge on any atom is 0.319 e. The van der Waals surface area contributed by atoms with E-state index < -0.39 is 11.8 Å². The third-order valence-corrected chi connectivity index (χ3v) is 6.93. The number of hydrogen-bond donors (Lipinski definition) is 4. The second-order valence-corrected chi connectivity index (χ2v) is 10.5. The van der Waals surface area contributed by atoms with Crippen LogP contribution in [0, 0.1) is 0 Å². The van der Waals surface area contributed by atoms with Crippen LogP contribution in [0.2, 0.25) is 0 Å². The molecule has 206 valence electrons. The van der Waals surface area contributed by atoms with E-state index in [1.54, 1.807) is 33.8 Å². The molecule has 0 saturated heterocycles. The highest BCUT2D eigenvalue weighted by Crippen LogP contribution is 2.42. The highest BCUT2D eigenvalue weighted by atomic mass is 16.3. The number of aryl methyl sites for hydroxylation is 1. The fraction of sp³-hybridized carbons (Fsp3) is 0.345. The van der Waals surface area contributed by atoms with Gasteiger partial charge in [-0.1, -0.05) is 36.9 Å². The molecular weight excluding hydrogens is 494 g/mol. The number of urea groups is 1. The predicted octanol–water partition coefficient (Wildman–Crippen LogP) is 3.65. The molecule has 2 heterocycles. The quantitative estimate of drug-likeness (QED) is 0.248. The lowest BCUT2D eigenvalue weighted by Crippen LogP contribution is -2.49. The van der Waals surface area contributed by atoms with Crippen LogP contribution in [0.5, 0.6) is 0 Å². The van der Waals surface area contributed by atoms with Gasteiger partial charge in [0, 0.05) is 30.4 Å². The summed E-state index contributed by atoms with van der Waals surface area (Å²) in [6.45, 7) is 8.46. The zero-order valence-corrected chi connectivity index (χ0v) is 23.1. The number of aliphatic hydroxyl groups excluding tert-OH is 1. The van der Waals surface area contributed by atoms with Crippen molar-refractivity contribution >= 4 is 23.4 Å². The Hall–Kier alpha value is -4.15. The van der Waals surface area contributed by atoms with Gasteiger partial charge in [-0.25, -0.2) is 4.79 Å². The zero-order valence-electron chi connectivity index (χ0n) is 23.1. The number of nitrogens with one attached hydrogen (secondary N) is 3. The topological polar surface area (TPSA) is 115 Å². The molecule has 0 bridgehead atoms. The van der Waals surface area contributed by atoms with E-state index in [-0.39, 0.29) is 18.0 Å². The summed E-state index contributed by atoms with van der Waals surface area (Å²) >= 11 is 0. The average Bonchev–Trinajstić information content (AvgIpc) is 3.37. The molecule has 10 heteroatoms. The van der Waals surface area contributed by atoms with Gasteiger partial charge in [-0.15, -0.1) is 0 Å². The van der Waals surface area contributed by atoms with Crippen LogP contribution in [0.3, 0.4) is 0 Å². The Morgan fingerprint density at radius 1 is 1.15 bits per heavy atom. The van der Waals surface area contributed by atoms with Gasteiger partial charge in [-0.3, -0.25) is 9.48 Å². The second-order valence-electron chi connectivity index (χ2n) is 10.5. The lowest BCUT2D eigenvalue weighted by Gasteiger charge is -2.34. The summed E-state index contributed by atoms with van der Waals surface area (Å²) in [5, 5.41) is 23.2. The summed E-state index contributed by atoms with van der Waals surface area (Å²) in [6, 6.07) is 16.3. The minimum atomic E-state index is -0.880. The van der Waals surface area contributed by atoms with Crippen molar-refractivity contribution in [2.45, 2.75) is 38.2 Å². The molecule has 4 N–H and O–H groups in total. The van der Waals surface area contributed by atoms with E-state index in [2.05, 4.69) is 27.6 Å². The maximum atomic E-state index is 13.6. The van der Waals surface area contributed by atoms with Crippen LogP contribution in [0.1, 0.15) is 47.1 Å². The number of fused-ring (bicyclic) bond motifs is 1. The van der Waals surface area contributed by atoms with Gasteiger partial charge in [0.1, 0.15) is 6.23 Å². The minimum Gasteiger partial charge on any atom is -0.370 e. The molecule has 2 atom stereocenters. The molecule has 1 aliphatic rings. The van der Waals surface area contributed by atoms with Crippen molar-refractivity contribution in [3.63, 3.8) is 0 Å². The summed E-state index contributed by atoms with van der Waals surface area (Å²) in [6.07, 6.45) is 0.493. The number of hydrogen-bond acceptors (Lipinski definition) is 6. The standard InChI is InChI=1S/C29H37N7O3/c1-7-24(37)30-21-15-13-20(14-16-21)27(38)32-26-22-17-36(29(2,3)25(22)35(6)33-26)28(39)31-23(18-34(4)5)19-11-9-8-10-12-19/h7-16,23-24,30,37H,1,17-18H2,2-6H3,(H,31,39)(H,32,33,38)/t23-,24?/m1/s1. The normalized spacial score (nSPS) is 15.4. The Kier molecular flexibility index (Phi) is 8.08. The van der Waals surface area contributed by atoms with Gasteiger partial charge in [-0.05, 0) is 63.8 Å². The van der Waals surface area contributed by atoms with Gasteiger partial charge in [0.05, 0.1) is 23.8 Å². The predicted molar refractivity (Wildman–Crippen MR) is 152 cm³/mol. The molecule has 1 aromatic heterocycles. The molecule has 0 radical (unpaired) electrons. The largest absolute Gasteiger partial charge is 0.370 e. The molecule has 2 aromatic carbocycles. The van der Waals surface area contributed by atoms with Crippen molar-refractivity contribution in [1.29, 1.82) is 0 Å². The first-order chi connectivity index (χ1) is 18.5. The number of carbonyl (C=O) groups is 2. The van der Waals surface area contributed by atoms with Gasteiger partial charge >= 0.3 is 6.03 Å². The molecule has 3 aromatic rings. The number of nitrogens with zero attached hydrogens (tertiary/aromatic N) is 4. The van der Waals surface area contributed by atoms with Crippen molar-refractivity contribution in [1.82, 2.24) is 24.9 Å². The van der Waals surface area contributed by atoms with Crippen LogP contribution in [-0.2, 0) is 19.1 Å². The number of anilines is 2. The van der Waals surface area contributed by atoms with Crippen LogP contribution in [0.15, 0.2) is 67.3 Å². The molecule has 0 saturated carbocycles. The third-order valence-electron chi connectivity index (χ3n) is 6.93. The first-order valence-corrected chi connectivity index (χ1v) is 12.8. The third kappa shape index (κ3) is 5.97. The van der Waals surface area contributed by atoms with Gasteiger partial charge in [0.25, 0.3) is 5.91 Å². The molecule has 39 heavy (non-hydrogen) atoms. The van der Waals surface area contributed by atoms with E-state index in [1.165, 1.54) is 6.08 Å². The lowest BCUT2D eigenvalue weighted by molar-refractivity contribution is 0.102. The fourth-order valence-electron chi connectivity index (χ4n) is 5.03. The van der Waals surface area contributed by atoms with Crippen LogP contribution in [-0.4, -0.2) is 63.5 Å². The SMILES string of the molecule is C=CC(O)Nc1ccc(C(=O)Nc2nn(C)c3c2CN(C(=O)N[C@H](CN(C)C)c2ccccc2)C3(C)C)cc1. The Labute approximate surface area is 229 Å². The van der Waals surface area contributed by atoms with Gasteiger partial charge < -0.3 is 30.9 Å². The van der Waals surface area contributed by atoms with Crippen molar-refractivity contribution in [3.05, 3.63) is 89.6 Å². The van der Waals surface area contributed by atoms with Gasteiger partial charge in [0.2, 0.25) is 0 Å². The number of carbonyl (C=O) groups excluding carboxylic acids is 2. The van der Waals surface area contributed by atoms with Gasteiger partial charge in [-0.2, -0.15) is 5.10 Å². The number of aliphatic hydroxyl groups is 1.